The van der Waals surface area contributed by atoms with Crippen molar-refractivity contribution in [3.05, 3.63) is 35.8 Å². The summed E-state index contributed by atoms with van der Waals surface area (Å²) in [7, 11) is 1.98. The monoisotopic (exact) mass is 358 g/mol. The summed E-state index contributed by atoms with van der Waals surface area (Å²) < 4.78 is 2.06. The fourth-order valence-electron chi connectivity index (χ4n) is 4.12. The molecule has 1 N–H and O–H groups in total. The maximum atomic E-state index is 12.5. The molecule has 0 radical (unpaired) electrons. The molecule has 2 fully saturated rings. The zero-order chi connectivity index (χ0) is 17.4. The van der Waals surface area contributed by atoms with E-state index >= 15 is 0 Å². The van der Waals surface area contributed by atoms with E-state index in [1.165, 1.54) is 18.4 Å². The Morgan fingerprint density at radius 2 is 2.08 bits per heavy atom. The number of carbonyl (C=O) groups excluding carboxylic acids is 1. The lowest BCUT2D eigenvalue weighted by Gasteiger charge is -2.35. The third kappa shape index (κ3) is 3.70. The minimum atomic E-state index is 0.246. The first-order valence-corrected chi connectivity index (χ1v) is 10.3. The molecule has 4 rings (SSSR count). The van der Waals surface area contributed by atoms with Crippen LogP contribution in [0.5, 0.6) is 0 Å². The molecule has 2 aromatic rings. The first-order chi connectivity index (χ1) is 12.1. The number of hydrogen-bond acceptors (Lipinski definition) is 4. The van der Waals surface area contributed by atoms with Crippen LogP contribution in [0.1, 0.15) is 36.9 Å². The minimum absolute atomic E-state index is 0.246. The van der Waals surface area contributed by atoms with E-state index in [2.05, 4.69) is 40.1 Å². The Hall–Kier alpha value is -1.53. The number of nitrogens with one attached hydrogen (secondary N) is 1. The van der Waals surface area contributed by atoms with Gasteiger partial charge >= 0.3 is 0 Å². The lowest BCUT2D eigenvalue weighted by atomic mass is 9.98. The Kier molecular flexibility index (Phi) is 4.73. The third-order valence-corrected chi connectivity index (χ3v) is 6.46. The molecule has 2 unspecified atom stereocenters. The third-order valence-electron chi connectivity index (χ3n) is 5.51. The van der Waals surface area contributed by atoms with Crippen LogP contribution in [0.3, 0.4) is 0 Å². The summed E-state index contributed by atoms with van der Waals surface area (Å²) >= 11 is 1.66. The van der Waals surface area contributed by atoms with Gasteiger partial charge in [0, 0.05) is 43.3 Å². The van der Waals surface area contributed by atoms with E-state index in [4.69, 9.17) is 0 Å². The number of hydrogen-bond donors (Lipinski definition) is 1. The largest absolute Gasteiger partial charge is 0.342 e. The molecule has 2 atom stereocenters. The Balaban J connectivity index is 1.29. The Labute approximate surface area is 153 Å². The molecule has 134 valence electrons. The number of fused-ring (bicyclic) bond motifs is 3. The minimum Gasteiger partial charge on any atom is -0.342 e. The molecular formula is C19H26N4OS. The number of thioether (sulfide) groups is 1. The fraction of sp³-hybridized carbons (Fsp3) is 0.579. The summed E-state index contributed by atoms with van der Waals surface area (Å²) in [6.07, 6.45) is 8.90. The number of rotatable bonds is 5. The second kappa shape index (κ2) is 7.00. The maximum absolute atomic E-state index is 12.5. The number of piperidine rings is 1. The lowest BCUT2D eigenvalue weighted by Crippen LogP contribution is -2.49. The highest BCUT2D eigenvalue weighted by Gasteiger charge is 2.36. The van der Waals surface area contributed by atoms with Crippen LogP contribution in [0.25, 0.3) is 5.65 Å². The fourth-order valence-corrected chi connectivity index (χ4v) is 4.95. The quantitative estimate of drug-likeness (QED) is 0.893. The highest BCUT2D eigenvalue weighted by Crippen LogP contribution is 2.29. The van der Waals surface area contributed by atoms with Crippen molar-refractivity contribution in [3.8, 4) is 0 Å². The lowest BCUT2D eigenvalue weighted by molar-refractivity contribution is -0.129. The van der Waals surface area contributed by atoms with Gasteiger partial charge in [0.2, 0.25) is 5.91 Å². The molecule has 0 aliphatic carbocycles. The molecule has 0 saturated carbocycles. The molecule has 6 heteroatoms. The van der Waals surface area contributed by atoms with Gasteiger partial charge in [-0.2, -0.15) is 0 Å². The normalized spacial score (nSPS) is 25.4. The average molecular weight is 359 g/mol. The van der Waals surface area contributed by atoms with Gasteiger partial charge in [0.1, 0.15) is 5.65 Å². The molecule has 2 saturated heterocycles. The van der Waals surface area contributed by atoms with Crippen LogP contribution < -0.4 is 5.32 Å². The maximum Gasteiger partial charge on any atom is 0.232 e. The zero-order valence-electron chi connectivity index (χ0n) is 14.9. The van der Waals surface area contributed by atoms with Crippen molar-refractivity contribution in [2.24, 2.45) is 0 Å². The van der Waals surface area contributed by atoms with Crippen molar-refractivity contribution in [2.75, 3.05) is 12.8 Å². The number of nitrogens with zero attached hydrogens (tertiary/aromatic N) is 3. The summed E-state index contributed by atoms with van der Waals surface area (Å²) in [5, 5.41) is 3.64. The number of amides is 1. The van der Waals surface area contributed by atoms with Crippen molar-refractivity contribution in [3.63, 3.8) is 0 Å². The van der Waals surface area contributed by atoms with Crippen LogP contribution >= 0.6 is 11.8 Å². The van der Waals surface area contributed by atoms with Crippen LogP contribution in [-0.4, -0.2) is 51.1 Å². The van der Waals surface area contributed by atoms with Crippen LogP contribution in [0.2, 0.25) is 0 Å². The van der Waals surface area contributed by atoms with Gasteiger partial charge in [-0.3, -0.25) is 4.79 Å². The molecule has 25 heavy (non-hydrogen) atoms. The predicted molar refractivity (Wildman–Crippen MR) is 102 cm³/mol. The van der Waals surface area contributed by atoms with E-state index in [0.29, 0.717) is 23.9 Å². The average Bonchev–Trinajstić information content (AvgIpc) is 3.15. The molecule has 5 nitrogen and oxygen atoms in total. The number of carbonyl (C=O) groups is 1. The number of imidazole rings is 1. The topological polar surface area (TPSA) is 49.6 Å². The van der Waals surface area contributed by atoms with Gasteiger partial charge in [0.25, 0.3) is 0 Å². The van der Waals surface area contributed by atoms with Gasteiger partial charge < -0.3 is 14.6 Å². The summed E-state index contributed by atoms with van der Waals surface area (Å²) in [4.78, 5) is 19.2. The Bertz CT molecular complexity index is 762. The summed E-state index contributed by atoms with van der Waals surface area (Å²) in [5.41, 5.74) is 3.22. The van der Waals surface area contributed by atoms with Gasteiger partial charge in [0.05, 0.1) is 11.4 Å². The van der Waals surface area contributed by atoms with Gasteiger partial charge in [-0.15, -0.1) is 11.8 Å². The van der Waals surface area contributed by atoms with E-state index < -0.39 is 0 Å². The highest BCUT2D eigenvalue weighted by atomic mass is 32.2. The summed E-state index contributed by atoms with van der Waals surface area (Å²) in [6.45, 7) is 2.08. The molecule has 2 aliphatic rings. The highest BCUT2D eigenvalue weighted by molar-refractivity contribution is 7.99. The van der Waals surface area contributed by atoms with Gasteiger partial charge in [-0.05, 0) is 44.2 Å². The molecule has 1 amide bonds. The number of pyridine rings is 1. The van der Waals surface area contributed by atoms with Crippen LogP contribution in [0.15, 0.2) is 24.5 Å². The molecule has 0 spiro atoms. The summed E-state index contributed by atoms with van der Waals surface area (Å²) in [6, 6.07) is 5.75. The second-order valence-electron chi connectivity index (χ2n) is 7.46. The molecule has 0 aromatic carbocycles. The van der Waals surface area contributed by atoms with Crippen molar-refractivity contribution in [2.45, 2.75) is 56.5 Å². The van der Waals surface area contributed by atoms with Crippen LogP contribution in [0, 0.1) is 6.92 Å². The second-order valence-corrected chi connectivity index (χ2v) is 8.45. The van der Waals surface area contributed by atoms with E-state index in [1.54, 1.807) is 11.8 Å². The van der Waals surface area contributed by atoms with Crippen molar-refractivity contribution >= 4 is 23.3 Å². The first kappa shape index (κ1) is 16.9. The van der Waals surface area contributed by atoms with E-state index in [1.807, 2.05) is 18.0 Å². The van der Waals surface area contributed by atoms with Crippen molar-refractivity contribution < 1.29 is 4.79 Å². The van der Waals surface area contributed by atoms with E-state index in [0.717, 1.165) is 29.9 Å². The molecule has 2 aromatic heterocycles. The van der Waals surface area contributed by atoms with Crippen LogP contribution in [-0.2, 0) is 10.5 Å². The summed E-state index contributed by atoms with van der Waals surface area (Å²) in [5.74, 6) is 1.55. The SMILES string of the molecule is Cc1ccc2nc(CSCC(=O)N(C)C3CC4CCC(C3)N4)cn2c1. The molecular weight excluding hydrogens is 332 g/mol. The van der Waals surface area contributed by atoms with Gasteiger partial charge in [-0.1, -0.05) is 6.07 Å². The zero-order valence-corrected chi connectivity index (χ0v) is 15.8. The number of aryl methyl sites for hydroxylation is 1. The molecule has 4 heterocycles. The Morgan fingerprint density at radius 1 is 1.32 bits per heavy atom. The smallest absolute Gasteiger partial charge is 0.232 e. The molecule has 2 bridgehead atoms. The van der Waals surface area contributed by atoms with Gasteiger partial charge in [-0.25, -0.2) is 4.98 Å². The first-order valence-electron chi connectivity index (χ1n) is 9.12. The van der Waals surface area contributed by atoms with E-state index in [-0.39, 0.29) is 5.91 Å². The van der Waals surface area contributed by atoms with Crippen molar-refractivity contribution in [1.82, 2.24) is 19.6 Å². The van der Waals surface area contributed by atoms with Gasteiger partial charge in [0.15, 0.2) is 0 Å². The van der Waals surface area contributed by atoms with Crippen molar-refractivity contribution in [1.29, 1.82) is 0 Å². The number of aromatic nitrogens is 2. The molecule has 2 aliphatic heterocycles. The predicted octanol–water partition coefficient (Wildman–Crippen LogP) is 2.62. The van der Waals surface area contributed by atoms with Crippen LogP contribution in [0.4, 0.5) is 0 Å². The van der Waals surface area contributed by atoms with E-state index in [9.17, 15) is 4.79 Å². The Morgan fingerprint density at radius 3 is 2.84 bits per heavy atom. The standard InChI is InChI=1S/C19H26N4OS/c1-13-3-6-18-21-16(10-23(18)9-13)11-25-12-19(24)22(2)17-7-14-4-5-15(8-17)20-14/h3,6,9-10,14-15,17,20H,4-5,7-8,11-12H2,1-2H3.